The van der Waals surface area contributed by atoms with Gasteiger partial charge in [0.05, 0.1) is 6.42 Å². The van der Waals surface area contributed by atoms with E-state index in [1.54, 1.807) is 0 Å². The smallest absolute Gasteiger partial charge is 0.247 e. The second-order valence-corrected chi connectivity index (χ2v) is 5.95. The molecule has 80 valence electrons. The van der Waals surface area contributed by atoms with Crippen molar-refractivity contribution in [2.75, 3.05) is 11.7 Å². The fourth-order valence-corrected chi connectivity index (χ4v) is 2.17. The van der Waals surface area contributed by atoms with Crippen molar-refractivity contribution in [1.29, 1.82) is 0 Å². The van der Waals surface area contributed by atoms with Gasteiger partial charge in [-0.3, -0.25) is 14.5 Å². The Morgan fingerprint density at radius 3 is 2.50 bits per heavy atom. The minimum Gasteiger partial charge on any atom is -0.284 e. The highest BCUT2D eigenvalue weighted by Gasteiger charge is 2.37. The predicted molar refractivity (Wildman–Crippen MR) is 52.0 cm³/mol. The monoisotopic (exact) mass is 284 g/mol. The molecule has 0 radical (unpaired) electrons. The molecule has 2 amide bonds. The van der Waals surface area contributed by atoms with Crippen LogP contribution < -0.4 is 4.72 Å². The first-order valence-electron chi connectivity index (χ1n) is 3.74. The zero-order valence-electron chi connectivity index (χ0n) is 7.36. The topological polar surface area (TPSA) is 83.6 Å². The first kappa shape index (κ1) is 11.6. The molecule has 0 aromatic heterocycles. The fourth-order valence-electron chi connectivity index (χ4n) is 1.10. The number of likely N-dealkylation sites (N-methyl/N-ethyl adjacent to an activating group) is 1. The number of nitrogens with zero attached hydrogens (tertiary/aromatic N) is 1. The minimum absolute atomic E-state index is 0.110. The normalized spacial score (nSPS) is 23.3. The molecule has 0 aliphatic carbocycles. The number of halogens is 1. The van der Waals surface area contributed by atoms with E-state index in [1.165, 1.54) is 7.05 Å². The molecule has 0 spiro atoms. The molecule has 1 saturated heterocycles. The third-order valence-corrected chi connectivity index (χ3v) is 4.59. The van der Waals surface area contributed by atoms with Crippen LogP contribution in [-0.2, 0) is 19.6 Å². The summed E-state index contributed by atoms with van der Waals surface area (Å²) in [5, 5.41) is 0. The van der Waals surface area contributed by atoms with Gasteiger partial charge in [0.1, 0.15) is 10.7 Å². The van der Waals surface area contributed by atoms with Crippen molar-refractivity contribution < 1.29 is 18.0 Å². The lowest BCUT2D eigenvalue weighted by Crippen LogP contribution is -2.40. The van der Waals surface area contributed by atoms with Crippen LogP contribution in [-0.4, -0.2) is 42.9 Å². The number of carbonyl (C=O) groups is 2. The number of imide groups is 1. The van der Waals surface area contributed by atoms with E-state index in [-0.39, 0.29) is 17.0 Å². The Balaban J connectivity index is 2.74. The van der Waals surface area contributed by atoms with Gasteiger partial charge in [0, 0.05) is 7.05 Å². The Labute approximate surface area is 89.8 Å². The lowest BCUT2D eigenvalue weighted by atomic mass is 10.3. The third kappa shape index (κ3) is 2.31. The van der Waals surface area contributed by atoms with Crippen LogP contribution in [0.1, 0.15) is 6.42 Å². The summed E-state index contributed by atoms with van der Waals surface area (Å²) < 4.78 is 24.0. The number of alkyl halides is 1. The van der Waals surface area contributed by atoms with Crippen molar-refractivity contribution >= 4 is 37.8 Å². The van der Waals surface area contributed by atoms with Gasteiger partial charge in [-0.25, -0.2) is 13.1 Å². The number of carbonyl (C=O) groups excluding carboxylic acids is 2. The van der Waals surface area contributed by atoms with E-state index in [1.807, 2.05) is 0 Å². The van der Waals surface area contributed by atoms with Crippen LogP contribution in [0.4, 0.5) is 0 Å². The number of sulfonamides is 1. The number of hydrogen-bond acceptors (Lipinski definition) is 4. The molecule has 1 aliphatic heterocycles. The summed E-state index contributed by atoms with van der Waals surface area (Å²) in [5.41, 5.74) is 0. The maximum absolute atomic E-state index is 11.3. The van der Waals surface area contributed by atoms with Gasteiger partial charge in [0.2, 0.25) is 21.8 Å². The van der Waals surface area contributed by atoms with E-state index in [0.717, 1.165) is 4.90 Å². The maximum atomic E-state index is 11.3. The van der Waals surface area contributed by atoms with Gasteiger partial charge in [-0.2, -0.15) is 0 Å². The molecular formula is C6H9BrN2O4S. The summed E-state index contributed by atoms with van der Waals surface area (Å²) in [6.07, 6.45) is -0.110. The van der Waals surface area contributed by atoms with Crippen LogP contribution in [0.25, 0.3) is 0 Å². The van der Waals surface area contributed by atoms with Gasteiger partial charge < -0.3 is 0 Å². The van der Waals surface area contributed by atoms with Gasteiger partial charge in [-0.05, 0) is 0 Å². The molecule has 1 atom stereocenters. The van der Waals surface area contributed by atoms with E-state index in [4.69, 9.17) is 0 Å². The highest BCUT2D eigenvalue weighted by Crippen LogP contribution is 2.11. The van der Waals surface area contributed by atoms with Gasteiger partial charge in [0.15, 0.2) is 0 Å². The molecule has 1 aliphatic rings. The molecule has 14 heavy (non-hydrogen) atoms. The molecule has 1 unspecified atom stereocenters. The number of rotatable bonds is 3. The molecule has 0 aromatic rings. The molecule has 8 heteroatoms. The van der Waals surface area contributed by atoms with Crippen LogP contribution in [0, 0.1) is 0 Å². The summed E-state index contributed by atoms with van der Waals surface area (Å²) in [5.74, 6) is -0.892. The SMILES string of the molecule is CN1C(=O)CC(NS(=O)(=O)CBr)C1=O. The molecule has 1 fully saturated rings. The molecule has 0 bridgehead atoms. The molecule has 1 N–H and O–H groups in total. The Kier molecular flexibility index (Phi) is 3.28. The molecule has 0 saturated carbocycles. The fraction of sp³-hybridized carbons (Fsp3) is 0.667. The summed E-state index contributed by atoms with van der Waals surface area (Å²) >= 11 is 2.77. The summed E-state index contributed by atoms with van der Waals surface area (Å²) in [7, 11) is -2.19. The summed E-state index contributed by atoms with van der Waals surface area (Å²) in [6.45, 7) is 0. The molecule has 6 nitrogen and oxygen atoms in total. The van der Waals surface area contributed by atoms with E-state index >= 15 is 0 Å². The van der Waals surface area contributed by atoms with Gasteiger partial charge in [-0.1, -0.05) is 15.9 Å². The zero-order valence-corrected chi connectivity index (χ0v) is 9.76. The standard InChI is InChI=1S/C6H9BrN2O4S/c1-9-5(10)2-4(6(9)11)8-14(12,13)3-7/h4,8H,2-3H2,1H3. The Morgan fingerprint density at radius 1 is 1.57 bits per heavy atom. The number of hydrogen-bond donors (Lipinski definition) is 1. The maximum Gasteiger partial charge on any atom is 0.247 e. The van der Waals surface area contributed by atoms with Crippen molar-refractivity contribution in [1.82, 2.24) is 9.62 Å². The average Bonchev–Trinajstić information content (AvgIpc) is 2.33. The average molecular weight is 285 g/mol. The first-order chi connectivity index (χ1) is 6.37. The number of nitrogens with one attached hydrogen (secondary N) is 1. The molecule has 0 aromatic carbocycles. The second kappa shape index (κ2) is 3.95. The summed E-state index contributed by atoms with van der Waals surface area (Å²) in [6, 6.07) is -0.949. The molecule has 1 rings (SSSR count). The van der Waals surface area contributed by atoms with Crippen LogP contribution >= 0.6 is 15.9 Å². The van der Waals surface area contributed by atoms with Crippen molar-refractivity contribution in [3.05, 3.63) is 0 Å². The highest BCUT2D eigenvalue weighted by atomic mass is 79.9. The van der Waals surface area contributed by atoms with Gasteiger partial charge in [-0.15, -0.1) is 0 Å². The molecular weight excluding hydrogens is 276 g/mol. The van der Waals surface area contributed by atoms with Crippen LogP contribution in [0.2, 0.25) is 0 Å². The Morgan fingerprint density at radius 2 is 2.14 bits per heavy atom. The minimum atomic E-state index is -3.52. The lowest BCUT2D eigenvalue weighted by Gasteiger charge is -2.09. The quantitative estimate of drug-likeness (QED) is 0.533. The third-order valence-electron chi connectivity index (χ3n) is 1.85. The second-order valence-electron chi connectivity index (χ2n) is 2.89. The lowest BCUT2D eigenvalue weighted by molar-refractivity contribution is -0.137. The van der Waals surface area contributed by atoms with Crippen LogP contribution in [0.15, 0.2) is 0 Å². The zero-order chi connectivity index (χ0) is 10.9. The van der Waals surface area contributed by atoms with Crippen LogP contribution in [0.5, 0.6) is 0 Å². The first-order valence-corrected chi connectivity index (χ1v) is 6.51. The Bertz CT molecular complexity index is 366. The highest BCUT2D eigenvalue weighted by molar-refractivity contribution is 9.10. The number of amides is 2. The largest absolute Gasteiger partial charge is 0.284 e. The number of likely N-dealkylation sites (tertiary alicyclic amines) is 1. The van der Waals surface area contributed by atoms with E-state index in [0.29, 0.717) is 0 Å². The van der Waals surface area contributed by atoms with Crippen molar-refractivity contribution in [3.63, 3.8) is 0 Å². The van der Waals surface area contributed by atoms with Gasteiger partial charge in [0.25, 0.3) is 0 Å². The van der Waals surface area contributed by atoms with Crippen molar-refractivity contribution in [2.45, 2.75) is 12.5 Å². The predicted octanol–water partition coefficient (Wildman–Crippen LogP) is -0.985. The van der Waals surface area contributed by atoms with Gasteiger partial charge >= 0.3 is 0 Å². The Hall–Kier alpha value is -0.470. The van der Waals surface area contributed by atoms with Crippen molar-refractivity contribution in [2.24, 2.45) is 0 Å². The van der Waals surface area contributed by atoms with E-state index < -0.39 is 22.0 Å². The summed E-state index contributed by atoms with van der Waals surface area (Å²) in [4.78, 5) is 23.2. The molecule has 1 heterocycles. The van der Waals surface area contributed by atoms with E-state index in [9.17, 15) is 18.0 Å². The van der Waals surface area contributed by atoms with Crippen molar-refractivity contribution in [3.8, 4) is 0 Å². The van der Waals surface area contributed by atoms with E-state index in [2.05, 4.69) is 20.7 Å². The van der Waals surface area contributed by atoms with Crippen LogP contribution in [0.3, 0.4) is 0 Å².